The Balaban J connectivity index is 2.44. The molecule has 1 saturated heterocycles. The van der Waals surface area contributed by atoms with Gasteiger partial charge < -0.3 is 20.5 Å². The van der Waals surface area contributed by atoms with Crippen LogP contribution in [-0.2, 0) is 14.3 Å². The standard InChI is InChI=1S/C10H20N2O3/c1-10(2,3)15-9(13)8(11)7-6-12-4-5-14-7/h7-8,12H,4-6,11H2,1-3H3/t7-,8?/m0/s1. The number of rotatable bonds is 2. The van der Waals surface area contributed by atoms with Gasteiger partial charge in [-0.2, -0.15) is 0 Å². The van der Waals surface area contributed by atoms with Crippen LogP contribution in [0.2, 0.25) is 0 Å². The molecule has 0 aliphatic carbocycles. The van der Waals surface area contributed by atoms with Crippen molar-refractivity contribution in [2.45, 2.75) is 38.5 Å². The highest BCUT2D eigenvalue weighted by Crippen LogP contribution is 2.10. The van der Waals surface area contributed by atoms with E-state index in [2.05, 4.69) is 5.32 Å². The summed E-state index contributed by atoms with van der Waals surface area (Å²) in [6, 6.07) is -0.711. The summed E-state index contributed by atoms with van der Waals surface area (Å²) in [5.74, 6) is -0.406. The molecule has 1 aliphatic heterocycles. The van der Waals surface area contributed by atoms with Crippen LogP contribution in [-0.4, -0.2) is 43.4 Å². The summed E-state index contributed by atoms with van der Waals surface area (Å²) in [6.07, 6.45) is -0.284. The molecule has 1 aliphatic rings. The van der Waals surface area contributed by atoms with Gasteiger partial charge in [-0.05, 0) is 20.8 Å². The summed E-state index contributed by atoms with van der Waals surface area (Å²) >= 11 is 0. The van der Waals surface area contributed by atoms with E-state index in [-0.39, 0.29) is 6.10 Å². The molecular weight excluding hydrogens is 196 g/mol. The Hall–Kier alpha value is -0.650. The lowest BCUT2D eigenvalue weighted by atomic mass is 10.1. The first-order chi connectivity index (χ1) is 6.90. The zero-order valence-electron chi connectivity index (χ0n) is 9.58. The topological polar surface area (TPSA) is 73.6 Å². The third-order valence-corrected chi connectivity index (χ3v) is 2.04. The second kappa shape index (κ2) is 4.92. The Morgan fingerprint density at radius 1 is 1.60 bits per heavy atom. The van der Waals surface area contributed by atoms with E-state index in [1.165, 1.54) is 0 Å². The van der Waals surface area contributed by atoms with E-state index in [0.717, 1.165) is 6.54 Å². The van der Waals surface area contributed by atoms with Crippen molar-refractivity contribution in [1.29, 1.82) is 0 Å². The van der Waals surface area contributed by atoms with Crippen molar-refractivity contribution in [2.75, 3.05) is 19.7 Å². The van der Waals surface area contributed by atoms with E-state index in [1.54, 1.807) is 0 Å². The quantitative estimate of drug-likeness (QED) is 0.617. The number of nitrogens with one attached hydrogen (secondary N) is 1. The number of carbonyl (C=O) groups is 1. The smallest absolute Gasteiger partial charge is 0.326 e. The van der Waals surface area contributed by atoms with Crippen LogP contribution < -0.4 is 11.1 Å². The zero-order chi connectivity index (χ0) is 11.5. The highest BCUT2D eigenvalue weighted by atomic mass is 16.6. The molecule has 15 heavy (non-hydrogen) atoms. The summed E-state index contributed by atoms with van der Waals surface area (Å²) in [7, 11) is 0. The lowest BCUT2D eigenvalue weighted by Gasteiger charge is -2.29. The van der Waals surface area contributed by atoms with Crippen molar-refractivity contribution < 1.29 is 14.3 Å². The van der Waals surface area contributed by atoms with E-state index in [1.807, 2.05) is 20.8 Å². The molecule has 0 aromatic heterocycles. The molecular formula is C10H20N2O3. The van der Waals surface area contributed by atoms with Crippen LogP contribution in [0.5, 0.6) is 0 Å². The van der Waals surface area contributed by atoms with Gasteiger partial charge in [-0.3, -0.25) is 4.79 Å². The molecule has 1 heterocycles. The molecule has 1 fully saturated rings. The number of ether oxygens (including phenoxy) is 2. The Kier molecular flexibility index (Phi) is 4.07. The van der Waals surface area contributed by atoms with Crippen molar-refractivity contribution in [3.8, 4) is 0 Å². The average molecular weight is 216 g/mol. The molecule has 0 bridgehead atoms. The summed E-state index contributed by atoms with van der Waals surface area (Å²) in [6.45, 7) is 7.44. The van der Waals surface area contributed by atoms with Crippen LogP contribution >= 0.6 is 0 Å². The number of hydrogen-bond donors (Lipinski definition) is 2. The van der Waals surface area contributed by atoms with Crippen molar-refractivity contribution in [1.82, 2.24) is 5.32 Å². The fourth-order valence-electron chi connectivity index (χ4n) is 1.34. The maximum absolute atomic E-state index is 11.6. The van der Waals surface area contributed by atoms with E-state index >= 15 is 0 Å². The van der Waals surface area contributed by atoms with Crippen LogP contribution in [0.4, 0.5) is 0 Å². The highest BCUT2D eigenvalue weighted by molar-refractivity contribution is 5.76. The Morgan fingerprint density at radius 2 is 2.27 bits per heavy atom. The van der Waals surface area contributed by atoms with Gasteiger partial charge >= 0.3 is 5.97 Å². The molecule has 1 rings (SSSR count). The number of hydrogen-bond acceptors (Lipinski definition) is 5. The van der Waals surface area contributed by atoms with Crippen LogP contribution in [0.25, 0.3) is 0 Å². The molecule has 0 aromatic carbocycles. The van der Waals surface area contributed by atoms with E-state index in [0.29, 0.717) is 13.2 Å². The van der Waals surface area contributed by atoms with Crippen molar-refractivity contribution >= 4 is 5.97 Å². The monoisotopic (exact) mass is 216 g/mol. The fourth-order valence-corrected chi connectivity index (χ4v) is 1.34. The molecule has 88 valence electrons. The third kappa shape index (κ3) is 4.15. The van der Waals surface area contributed by atoms with Crippen LogP contribution in [0.15, 0.2) is 0 Å². The number of nitrogens with two attached hydrogens (primary N) is 1. The first-order valence-corrected chi connectivity index (χ1v) is 5.21. The van der Waals surface area contributed by atoms with Gasteiger partial charge in [0.1, 0.15) is 11.6 Å². The Bertz CT molecular complexity index is 219. The SMILES string of the molecule is CC(C)(C)OC(=O)C(N)[C@@H]1CNCCO1. The second-order valence-corrected chi connectivity index (χ2v) is 4.67. The molecule has 0 saturated carbocycles. The van der Waals surface area contributed by atoms with Gasteiger partial charge in [-0.15, -0.1) is 0 Å². The zero-order valence-corrected chi connectivity index (χ0v) is 9.58. The summed E-state index contributed by atoms with van der Waals surface area (Å²) < 4.78 is 10.6. The first-order valence-electron chi connectivity index (χ1n) is 5.21. The Morgan fingerprint density at radius 3 is 2.73 bits per heavy atom. The molecule has 5 nitrogen and oxygen atoms in total. The number of esters is 1. The molecule has 2 atom stereocenters. The van der Waals surface area contributed by atoms with E-state index in [9.17, 15) is 4.79 Å². The van der Waals surface area contributed by atoms with Crippen molar-refractivity contribution in [3.05, 3.63) is 0 Å². The summed E-state index contributed by atoms with van der Waals surface area (Å²) in [5.41, 5.74) is 5.26. The molecule has 3 N–H and O–H groups in total. The van der Waals surface area contributed by atoms with Crippen LogP contribution in [0, 0.1) is 0 Å². The Labute approximate surface area is 90.3 Å². The molecule has 1 unspecified atom stereocenters. The van der Waals surface area contributed by atoms with Gasteiger partial charge in [0.05, 0.1) is 12.7 Å². The normalized spacial score (nSPS) is 24.7. The third-order valence-electron chi connectivity index (χ3n) is 2.04. The highest BCUT2D eigenvalue weighted by Gasteiger charge is 2.30. The fraction of sp³-hybridized carbons (Fsp3) is 0.900. The van der Waals surface area contributed by atoms with Gasteiger partial charge in [0.2, 0.25) is 0 Å². The molecule has 0 aromatic rings. The lowest BCUT2D eigenvalue weighted by Crippen LogP contribution is -2.53. The predicted octanol–water partition coefficient (Wildman–Crippen LogP) is -0.356. The molecule has 5 heteroatoms. The minimum absolute atomic E-state index is 0.284. The largest absolute Gasteiger partial charge is 0.459 e. The van der Waals surface area contributed by atoms with E-state index in [4.69, 9.17) is 15.2 Å². The first kappa shape index (κ1) is 12.4. The molecule has 0 radical (unpaired) electrons. The van der Waals surface area contributed by atoms with E-state index < -0.39 is 17.6 Å². The van der Waals surface area contributed by atoms with Gasteiger partial charge in [-0.1, -0.05) is 0 Å². The summed E-state index contributed by atoms with van der Waals surface area (Å²) in [5, 5.41) is 3.12. The van der Waals surface area contributed by atoms with Crippen molar-refractivity contribution in [3.63, 3.8) is 0 Å². The lowest BCUT2D eigenvalue weighted by molar-refractivity contribution is -0.160. The summed E-state index contributed by atoms with van der Waals surface area (Å²) in [4.78, 5) is 11.6. The maximum Gasteiger partial charge on any atom is 0.326 e. The minimum Gasteiger partial charge on any atom is -0.459 e. The molecule has 0 spiro atoms. The van der Waals surface area contributed by atoms with Crippen molar-refractivity contribution in [2.24, 2.45) is 5.73 Å². The van der Waals surface area contributed by atoms with Crippen LogP contribution in [0.3, 0.4) is 0 Å². The van der Waals surface area contributed by atoms with Gasteiger partial charge in [0, 0.05) is 13.1 Å². The minimum atomic E-state index is -0.711. The van der Waals surface area contributed by atoms with Gasteiger partial charge in [-0.25, -0.2) is 0 Å². The second-order valence-electron chi connectivity index (χ2n) is 4.67. The maximum atomic E-state index is 11.6. The van der Waals surface area contributed by atoms with Gasteiger partial charge in [0.15, 0.2) is 0 Å². The number of morpholine rings is 1. The predicted molar refractivity (Wildman–Crippen MR) is 56.4 cm³/mol. The van der Waals surface area contributed by atoms with Crippen LogP contribution in [0.1, 0.15) is 20.8 Å². The molecule has 0 amide bonds. The van der Waals surface area contributed by atoms with Gasteiger partial charge in [0.25, 0.3) is 0 Å². The average Bonchev–Trinajstić information content (AvgIpc) is 2.15. The number of carbonyl (C=O) groups excluding carboxylic acids is 1.